The van der Waals surface area contributed by atoms with Crippen LogP contribution < -0.4 is 10.0 Å². The van der Waals surface area contributed by atoms with Crippen molar-refractivity contribution >= 4 is 10.0 Å². The van der Waals surface area contributed by atoms with E-state index in [1.807, 2.05) is 6.92 Å². The van der Waals surface area contributed by atoms with Crippen molar-refractivity contribution in [3.8, 4) is 0 Å². The molecule has 0 aliphatic heterocycles. The first kappa shape index (κ1) is 15.7. The molecule has 0 aliphatic carbocycles. The van der Waals surface area contributed by atoms with Gasteiger partial charge in [0, 0.05) is 19.5 Å². The molecule has 8 heteroatoms. The van der Waals surface area contributed by atoms with Gasteiger partial charge in [-0.25, -0.2) is 13.1 Å². The van der Waals surface area contributed by atoms with Crippen molar-refractivity contribution in [2.45, 2.75) is 25.9 Å². The van der Waals surface area contributed by atoms with Gasteiger partial charge in [0.25, 0.3) is 0 Å². The summed E-state index contributed by atoms with van der Waals surface area (Å²) in [6, 6.07) is 0. The van der Waals surface area contributed by atoms with Crippen molar-refractivity contribution < 1.29 is 21.6 Å². The molecule has 0 heterocycles. The van der Waals surface area contributed by atoms with Crippen molar-refractivity contribution in [1.82, 2.24) is 10.0 Å². The van der Waals surface area contributed by atoms with Crippen molar-refractivity contribution in [3.05, 3.63) is 0 Å². The molecule has 0 amide bonds. The molecule has 0 bridgehead atoms. The van der Waals surface area contributed by atoms with Gasteiger partial charge in [-0.2, -0.15) is 13.2 Å². The van der Waals surface area contributed by atoms with Gasteiger partial charge in [-0.15, -0.1) is 0 Å². The summed E-state index contributed by atoms with van der Waals surface area (Å²) in [5.74, 6) is -0.118. The third-order valence-corrected chi connectivity index (χ3v) is 3.14. The van der Waals surface area contributed by atoms with E-state index in [-0.39, 0.29) is 18.7 Å². The predicted molar refractivity (Wildman–Crippen MR) is 55.6 cm³/mol. The van der Waals surface area contributed by atoms with Crippen LogP contribution >= 0.6 is 0 Å². The Bertz CT molecular complexity index is 277. The first-order chi connectivity index (χ1) is 7.27. The zero-order valence-electron chi connectivity index (χ0n) is 9.10. The monoisotopic (exact) mass is 262 g/mol. The summed E-state index contributed by atoms with van der Waals surface area (Å²) in [5, 5.41) is 2.82. The van der Waals surface area contributed by atoms with Crippen LogP contribution in [0.4, 0.5) is 13.2 Å². The predicted octanol–water partition coefficient (Wildman–Crippen LogP) is 0.858. The van der Waals surface area contributed by atoms with Crippen LogP contribution in [0.3, 0.4) is 0 Å². The molecule has 2 N–H and O–H groups in total. The summed E-state index contributed by atoms with van der Waals surface area (Å²) in [5.41, 5.74) is 0. The number of sulfonamides is 1. The van der Waals surface area contributed by atoms with Gasteiger partial charge in [-0.1, -0.05) is 6.92 Å². The first-order valence-electron chi connectivity index (χ1n) is 5.01. The third kappa shape index (κ3) is 10.2. The number of halogens is 3. The average molecular weight is 262 g/mol. The standard InChI is InChI=1S/C8H17F3N2O2S/c1-2-12-6-7-16(14,15)13-5-3-4-8(9,10)11/h12-13H,2-7H2,1H3. The Kier molecular flexibility index (Phi) is 6.93. The molecule has 0 aromatic rings. The van der Waals surface area contributed by atoms with E-state index in [1.165, 1.54) is 0 Å². The van der Waals surface area contributed by atoms with Gasteiger partial charge in [0.05, 0.1) is 5.75 Å². The molecule has 0 aromatic carbocycles. The van der Waals surface area contributed by atoms with Crippen LogP contribution in [0.5, 0.6) is 0 Å². The van der Waals surface area contributed by atoms with Gasteiger partial charge in [0.15, 0.2) is 0 Å². The van der Waals surface area contributed by atoms with Crippen LogP contribution in [0.25, 0.3) is 0 Å². The summed E-state index contributed by atoms with van der Waals surface area (Å²) in [6.45, 7) is 2.62. The molecule has 16 heavy (non-hydrogen) atoms. The largest absolute Gasteiger partial charge is 0.389 e. The van der Waals surface area contributed by atoms with E-state index < -0.39 is 22.6 Å². The molecule has 98 valence electrons. The Morgan fingerprint density at radius 3 is 2.31 bits per heavy atom. The second-order valence-electron chi connectivity index (χ2n) is 3.29. The van der Waals surface area contributed by atoms with Crippen molar-refractivity contribution in [2.75, 3.05) is 25.4 Å². The highest BCUT2D eigenvalue weighted by molar-refractivity contribution is 7.89. The average Bonchev–Trinajstić information content (AvgIpc) is 2.11. The fourth-order valence-electron chi connectivity index (χ4n) is 0.972. The zero-order valence-corrected chi connectivity index (χ0v) is 9.92. The summed E-state index contributed by atoms with van der Waals surface area (Å²) in [6.07, 6.45) is -5.43. The summed E-state index contributed by atoms with van der Waals surface area (Å²) in [7, 11) is -3.45. The summed E-state index contributed by atoms with van der Waals surface area (Å²) in [4.78, 5) is 0. The zero-order chi connectivity index (χ0) is 12.7. The molecular weight excluding hydrogens is 245 g/mol. The van der Waals surface area contributed by atoms with Crippen LogP contribution in [-0.4, -0.2) is 40.0 Å². The summed E-state index contributed by atoms with van der Waals surface area (Å²) >= 11 is 0. The molecule has 0 aliphatic rings. The lowest BCUT2D eigenvalue weighted by molar-refractivity contribution is -0.135. The Morgan fingerprint density at radius 1 is 1.19 bits per heavy atom. The highest BCUT2D eigenvalue weighted by atomic mass is 32.2. The van der Waals surface area contributed by atoms with E-state index in [0.29, 0.717) is 13.1 Å². The van der Waals surface area contributed by atoms with E-state index in [9.17, 15) is 21.6 Å². The van der Waals surface area contributed by atoms with Crippen LogP contribution in [0, 0.1) is 0 Å². The number of rotatable bonds is 8. The minimum Gasteiger partial charge on any atom is -0.316 e. The van der Waals surface area contributed by atoms with Gasteiger partial charge in [0.1, 0.15) is 0 Å². The Balaban J connectivity index is 3.67. The fraction of sp³-hybridized carbons (Fsp3) is 1.00. The Labute approximate surface area is 93.7 Å². The molecular formula is C8H17F3N2O2S. The Morgan fingerprint density at radius 2 is 1.81 bits per heavy atom. The van der Waals surface area contributed by atoms with E-state index in [0.717, 1.165) is 0 Å². The maximum absolute atomic E-state index is 11.7. The van der Waals surface area contributed by atoms with E-state index in [2.05, 4.69) is 10.0 Å². The number of hydrogen-bond acceptors (Lipinski definition) is 3. The molecule has 0 spiro atoms. The lowest BCUT2D eigenvalue weighted by Gasteiger charge is -2.08. The minimum atomic E-state index is -4.23. The topological polar surface area (TPSA) is 58.2 Å². The minimum absolute atomic E-state index is 0.118. The van der Waals surface area contributed by atoms with Crippen molar-refractivity contribution in [1.29, 1.82) is 0 Å². The molecule has 4 nitrogen and oxygen atoms in total. The molecule has 0 saturated heterocycles. The van der Waals surface area contributed by atoms with Gasteiger partial charge in [-0.3, -0.25) is 0 Å². The molecule has 0 atom stereocenters. The second-order valence-corrected chi connectivity index (χ2v) is 5.21. The first-order valence-corrected chi connectivity index (χ1v) is 6.67. The highest BCUT2D eigenvalue weighted by Gasteiger charge is 2.26. The number of nitrogens with one attached hydrogen (secondary N) is 2. The molecule has 0 rings (SSSR count). The van der Waals surface area contributed by atoms with Gasteiger partial charge in [0.2, 0.25) is 10.0 Å². The molecule has 0 aromatic heterocycles. The van der Waals surface area contributed by atoms with Crippen molar-refractivity contribution in [3.63, 3.8) is 0 Å². The quantitative estimate of drug-likeness (QED) is 0.638. The molecule has 0 fully saturated rings. The smallest absolute Gasteiger partial charge is 0.316 e. The SMILES string of the molecule is CCNCCS(=O)(=O)NCCCC(F)(F)F. The summed E-state index contributed by atoms with van der Waals surface area (Å²) < 4.78 is 59.7. The number of alkyl halides is 3. The fourth-order valence-corrected chi connectivity index (χ4v) is 1.98. The van der Waals surface area contributed by atoms with Crippen LogP contribution in [0.1, 0.15) is 19.8 Å². The normalized spacial score (nSPS) is 13.0. The maximum atomic E-state index is 11.7. The highest BCUT2D eigenvalue weighted by Crippen LogP contribution is 2.20. The van der Waals surface area contributed by atoms with E-state index in [4.69, 9.17) is 0 Å². The second kappa shape index (κ2) is 7.08. The molecule has 0 radical (unpaired) electrons. The molecule has 0 unspecified atom stereocenters. The maximum Gasteiger partial charge on any atom is 0.389 e. The van der Waals surface area contributed by atoms with Gasteiger partial charge < -0.3 is 5.32 Å². The van der Waals surface area contributed by atoms with Crippen LogP contribution in [-0.2, 0) is 10.0 Å². The van der Waals surface area contributed by atoms with Crippen molar-refractivity contribution in [2.24, 2.45) is 0 Å². The lowest BCUT2D eigenvalue weighted by Crippen LogP contribution is -2.32. The lowest BCUT2D eigenvalue weighted by atomic mass is 10.3. The number of hydrogen-bond donors (Lipinski definition) is 2. The third-order valence-electron chi connectivity index (χ3n) is 1.76. The molecule has 0 saturated carbocycles. The van der Waals surface area contributed by atoms with E-state index >= 15 is 0 Å². The van der Waals surface area contributed by atoms with E-state index in [1.54, 1.807) is 0 Å². The van der Waals surface area contributed by atoms with Crippen LogP contribution in [0.15, 0.2) is 0 Å². The van der Waals surface area contributed by atoms with Crippen LogP contribution in [0.2, 0.25) is 0 Å². The Hall–Kier alpha value is -0.340. The van der Waals surface area contributed by atoms with Gasteiger partial charge >= 0.3 is 6.18 Å². The van der Waals surface area contributed by atoms with Gasteiger partial charge in [-0.05, 0) is 13.0 Å².